The van der Waals surface area contributed by atoms with Crippen molar-refractivity contribution in [3.05, 3.63) is 65.2 Å². The molecule has 8 heteroatoms. The maximum absolute atomic E-state index is 13.7. The van der Waals surface area contributed by atoms with E-state index < -0.39 is 34.1 Å². The zero-order chi connectivity index (χ0) is 27.3. The Hall–Kier alpha value is -2.87. The van der Waals surface area contributed by atoms with Crippen molar-refractivity contribution in [3.63, 3.8) is 0 Å². The average Bonchev–Trinajstić information content (AvgIpc) is 2.75. The first-order chi connectivity index (χ1) is 16.6. The van der Waals surface area contributed by atoms with Crippen LogP contribution in [0.2, 0.25) is 0 Å². The third-order valence-electron chi connectivity index (χ3n) is 5.85. The van der Waals surface area contributed by atoms with Crippen LogP contribution in [0.5, 0.6) is 0 Å². The van der Waals surface area contributed by atoms with Gasteiger partial charge in [0.2, 0.25) is 21.8 Å². The molecule has 0 spiro atoms. The largest absolute Gasteiger partial charge is 0.350 e. The Morgan fingerprint density at radius 2 is 1.64 bits per heavy atom. The first-order valence-corrected chi connectivity index (χ1v) is 14.2. The number of anilines is 1. The molecule has 0 fully saturated rings. The molecule has 0 heterocycles. The quantitative estimate of drug-likeness (QED) is 0.501. The predicted molar refractivity (Wildman–Crippen MR) is 146 cm³/mol. The van der Waals surface area contributed by atoms with Crippen LogP contribution in [0.15, 0.2) is 48.5 Å². The topological polar surface area (TPSA) is 86.8 Å². The van der Waals surface area contributed by atoms with Crippen LogP contribution in [0.1, 0.15) is 70.6 Å². The monoisotopic (exact) mass is 515 g/mol. The molecule has 0 saturated carbocycles. The van der Waals surface area contributed by atoms with Crippen LogP contribution in [0.4, 0.5) is 5.69 Å². The van der Waals surface area contributed by atoms with Gasteiger partial charge in [-0.1, -0.05) is 62.7 Å². The first-order valence-electron chi connectivity index (χ1n) is 12.4. The highest BCUT2D eigenvalue weighted by molar-refractivity contribution is 7.92. The summed E-state index contributed by atoms with van der Waals surface area (Å²) >= 11 is 0. The van der Waals surface area contributed by atoms with Crippen molar-refractivity contribution in [2.45, 2.75) is 78.9 Å². The number of aryl methyl sites for hydroxylation is 1. The van der Waals surface area contributed by atoms with Gasteiger partial charge in [0.05, 0.1) is 11.9 Å². The van der Waals surface area contributed by atoms with Crippen molar-refractivity contribution in [2.24, 2.45) is 0 Å². The number of benzene rings is 2. The van der Waals surface area contributed by atoms with Gasteiger partial charge in [0.1, 0.15) is 12.6 Å². The Bertz CT molecular complexity index is 1150. The van der Waals surface area contributed by atoms with Crippen LogP contribution in [0, 0.1) is 6.92 Å². The van der Waals surface area contributed by atoms with Gasteiger partial charge in [0.15, 0.2) is 0 Å². The molecule has 36 heavy (non-hydrogen) atoms. The van der Waals surface area contributed by atoms with Gasteiger partial charge in [-0.3, -0.25) is 13.9 Å². The molecule has 198 valence electrons. The number of hydrogen-bond acceptors (Lipinski definition) is 4. The van der Waals surface area contributed by atoms with Crippen LogP contribution in [-0.2, 0) is 26.2 Å². The van der Waals surface area contributed by atoms with E-state index in [9.17, 15) is 18.0 Å². The van der Waals surface area contributed by atoms with E-state index in [1.54, 1.807) is 12.1 Å². The molecule has 7 nitrogen and oxygen atoms in total. The summed E-state index contributed by atoms with van der Waals surface area (Å²) in [4.78, 5) is 28.5. The number of carbonyl (C=O) groups is 2. The summed E-state index contributed by atoms with van der Waals surface area (Å²) in [7, 11) is -3.76. The highest BCUT2D eigenvalue weighted by atomic mass is 32.2. The van der Waals surface area contributed by atoms with Gasteiger partial charge >= 0.3 is 0 Å². The number of nitrogens with one attached hydrogen (secondary N) is 1. The summed E-state index contributed by atoms with van der Waals surface area (Å²) in [5.74, 6) is -0.409. The number of rotatable bonds is 10. The fourth-order valence-electron chi connectivity index (χ4n) is 4.02. The molecular weight excluding hydrogens is 474 g/mol. The predicted octanol–water partition coefficient (Wildman–Crippen LogP) is 4.61. The minimum atomic E-state index is -3.76. The SMILES string of the molecule is CC[C@@H](C(=O)NC(C)(C)C)N(Cc1cccc(C)c1)C(=O)CN(c1ccc(C(C)C)cc1)S(C)(=O)=O. The van der Waals surface area contributed by atoms with Crippen LogP contribution >= 0.6 is 0 Å². The molecule has 0 aromatic heterocycles. The van der Waals surface area contributed by atoms with Gasteiger partial charge in [-0.15, -0.1) is 0 Å². The van der Waals surface area contributed by atoms with Gasteiger partial charge in [0, 0.05) is 12.1 Å². The minimum absolute atomic E-state index is 0.195. The van der Waals surface area contributed by atoms with Crippen molar-refractivity contribution >= 4 is 27.5 Å². The molecule has 0 unspecified atom stereocenters. The van der Waals surface area contributed by atoms with E-state index in [1.165, 1.54) is 4.90 Å². The van der Waals surface area contributed by atoms with Gasteiger partial charge < -0.3 is 10.2 Å². The van der Waals surface area contributed by atoms with Gasteiger partial charge in [-0.25, -0.2) is 8.42 Å². The van der Waals surface area contributed by atoms with E-state index in [0.29, 0.717) is 18.0 Å². The Kier molecular flexibility index (Phi) is 9.71. The maximum atomic E-state index is 13.7. The summed E-state index contributed by atoms with van der Waals surface area (Å²) in [5, 5.41) is 2.97. The van der Waals surface area contributed by atoms with Crippen molar-refractivity contribution in [1.29, 1.82) is 0 Å². The van der Waals surface area contributed by atoms with Crippen LogP contribution in [0.25, 0.3) is 0 Å². The Morgan fingerprint density at radius 1 is 1.03 bits per heavy atom. The molecular formula is C28H41N3O4S. The second-order valence-corrected chi connectivity index (χ2v) is 12.6. The van der Waals surface area contributed by atoms with Gasteiger partial charge in [-0.2, -0.15) is 0 Å². The maximum Gasteiger partial charge on any atom is 0.244 e. The molecule has 0 saturated heterocycles. The second kappa shape index (κ2) is 11.9. The summed E-state index contributed by atoms with van der Waals surface area (Å²) in [5.41, 5.74) is 2.93. The average molecular weight is 516 g/mol. The fraction of sp³-hybridized carbons (Fsp3) is 0.500. The van der Waals surface area contributed by atoms with E-state index in [1.807, 2.05) is 71.0 Å². The zero-order valence-corrected chi connectivity index (χ0v) is 23.6. The van der Waals surface area contributed by atoms with E-state index in [-0.39, 0.29) is 12.5 Å². The Balaban J connectivity index is 2.45. The zero-order valence-electron chi connectivity index (χ0n) is 22.8. The molecule has 2 amide bonds. The molecule has 2 aromatic rings. The van der Waals surface area contributed by atoms with Crippen molar-refractivity contribution < 1.29 is 18.0 Å². The lowest BCUT2D eigenvalue weighted by atomic mass is 10.0. The van der Waals surface area contributed by atoms with Gasteiger partial charge in [-0.05, 0) is 63.3 Å². The number of carbonyl (C=O) groups excluding carboxylic acids is 2. The lowest BCUT2D eigenvalue weighted by Gasteiger charge is -2.34. The molecule has 1 atom stereocenters. The van der Waals surface area contributed by atoms with Gasteiger partial charge in [0.25, 0.3) is 0 Å². The summed E-state index contributed by atoms with van der Waals surface area (Å²) in [6.45, 7) is 13.4. The highest BCUT2D eigenvalue weighted by Gasteiger charge is 2.33. The third-order valence-corrected chi connectivity index (χ3v) is 6.99. The number of nitrogens with zero attached hydrogens (tertiary/aromatic N) is 2. The normalized spacial score (nSPS) is 12.8. The van der Waals surface area contributed by atoms with Crippen LogP contribution < -0.4 is 9.62 Å². The van der Waals surface area contributed by atoms with Crippen molar-refractivity contribution in [2.75, 3.05) is 17.1 Å². The molecule has 0 aliphatic rings. The smallest absolute Gasteiger partial charge is 0.244 e. The number of amides is 2. The van der Waals surface area contributed by atoms with E-state index in [0.717, 1.165) is 27.3 Å². The van der Waals surface area contributed by atoms with Crippen LogP contribution in [0.3, 0.4) is 0 Å². The molecule has 2 aromatic carbocycles. The Morgan fingerprint density at radius 3 is 2.11 bits per heavy atom. The highest BCUT2D eigenvalue weighted by Crippen LogP contribution is 2.23. The van der Waals surface area contributed by atoms with E-state index >= 15 is 0 Å². The minimum Gasteiger partial charge on any atom is -0.350 e. The number of sulfonamides is 1. The molecule has 0 radical (unpaired) electrons. The summed E-state index contributed by atoms with van der Waals surface area (Å²) in [6, 6.07) is 14.2. The first kappa shape index (κ1) is 29.4. The van der Waals surface area contributed by atoms with Crippen molar-refractivity contribution in [1.82, 2.24) is 10.2 Å². The van der Waals surface area contributed by atoms with E-state index in [4.69, 9.17) is 0 Å². The third kappa shape index (κ3) is 8.36. The Labute approximate surface area is 216 Å². The molecule has 0 aliphatic heterocycles. The lowest BCUT2D eigenvalue weighted by molar-refractivity contribution is -0.141. The van der Waals surface area contributed by atoms with Crippen molar-refractivity contribution in [3.8, 4) is 0 Å². The molecule has 0 aliphatic carbocycles. The molecule has 0 bridgehead atoms. The number of hydrogen-bond donors (Lipinski definition) is 1. The molecule has 2 rings (SSSR count). The summed E-state index contributed by atoms with van der Waals surface area (Å²) < 4.78 is 26.6. The lowest BCUT2D eigenvalue weighted by Crippen LogP contribution is -2.55. The van der Waals surface area contributed by atoms with Crippen LogP contribution in [-0.4, -0.2) is 49.5 Å². The van der Waals surface area contributed by atoms with E-state index in [2.05, 4.69) is 19.2 Å². The molecule has 1 N–H and O–H groups in total. The summed E-state index contributed by atoms with van der Waals surface area (Å²) in [6.07, 6.45) is 1.48. The second-order valence-electron chi connectivity index (χ2n) is 10.7. The standard InChI is InChI=1S/C28H41N3O4S/c1-9-25(27(33)29-28(5,6)7)30(18-22-12-10-11-21(4)17-22)26(32)19-31(36(8,34)35)24-15-13-23(14-16-24)20(2)3/h10-17,20,25H,9,18-19H2,1-8H3,(H,29,33)/t25-/m0/s1. The fourth-order valence-corrected chi connectivity index (χ4v) is 4.87.